The molecular weight excluding hydrogens is 348 g/mol. The lowest BCUT2D eigenvalue weighted by molar-refractivity contribution is -0.123. The highest BCUT2D eigenvalue weighted by Gasteiger charge is 2.17. The zero-order valence-electron chi connectivity index (χ0n) is 15.5. The van der Waals surface area contributed by atoms with Crippen molar-refractivity contribution in [2.24, 2.45) is 0 Å². The quantitative estimate of drug-likeness (QED) is 0.755. The van der Waals surface area contributed by atoms with E-state index in [2.05, 4.69) is 10.1 Å². The standard InChI is InChI=1S/C20H22N2O5/c1-14(23)22(17-9-6-8-15(11-17)20(25)27-3)13-19(24)21-12-16-7-4-5-10-18(16)26-2/h4-11H,12-13H2,1-3H3,(H,21,24). The SMILES string of the molecule is COC(=O)c1cccc(N(CC(=O)NCc2ccccc2OC)C(C)=O)c1. The predicted octanol–water partition coefficient (Wildman–Crippen LogP) is 2.15. The van der Waals surface area contributed by atoms with Gasteiger partial charge in [0.1, 0.15) is 12.3 Å². The number of para-hydroxylation sites is 1. The van der Waals surface area contributed by atoms with E-state index >= 15 is 0 Å². The zero-order valence-corrected chi connectivity index (χ0v) is 15.5. The van der Waals surface area contributed by atoms with Gasteiger partial charge in [0.25, 0.3) is 0 Å². The largest absolute Gasteiger partial charge is 0.496 e. The summed E-state index contributed by atoms with van der Waals surface area (Å²) in [5, 5.41) is 2.77. The molecule has 7 nitrogen and oxygen atoms in total. The molecule has 7 heteroatoms. The van der Waals surface area contributed by atoms with Crippen molar-refractivity contribution in [1.82, 2.24) is 5.32 Å². The number of anilines is 1. The molecule has 2 rings (SSSR count). The first-order valence-electron chi connectivity index (χ1n) is 8.31. The van der Waals surface area contributed by atoms with Crippen molar-refractivity contribution in [2.75, 3.05) is 25.7 Å². The second kappa shape index (κ2) is 9.38. The number of rotatable bonds is 7. The molecule has 2 amide bonds. The fourth-order valence-electron chi connectivity index (χ4n) is 2.55. The topological polar surface area (TPSA) is 84.9 Å². The maximum atomic E-state index is 12.3. The van der Waals surface area contributed by atoms with Gasteiger partial charge in [-0.25, -0.2) is 4.79 Å². The molecule has 0 aliphatic heterocycles. The third kappa shape index (κ3) is 5.31. The average Bonchev–Trinajstić information content (AvgIpc) is 2.69. The van der Waals surface area contributed by atoms with E-state index in [1.807, 2.05) is 24.3 Å². The zero-order chi connectivity index (χ0) is 19.8. The van der Waals surface area contributed by atoms with Crippen LogP contribution in [0.4, 0.5) is 5.69 Å². The number of methoxy groups -OCH3 is 2. The molecule has 2 aromatic rings. The summed E-state index contributed by atoms with van der Waals surface area (Å²) in [6.45, 7) is 1.46. The van der Waals surface area contributed by atoms with Gasteiger partial charge in [-0.3, -0.25) is 9.59 Å². The number of hydrogen-bond acceptors (Lipinski definition) is 5. The number of esters is 1. The van der Waals surface area contributed by atoms with Crippen LogP contribution in [0.15, 0.2) is 48.5 Å². The minimum Gasteiger partial charge on any atom is -0.496 e. The second-order valence-electron chi connectivity index (χ2n) is 5.74. The van der Waals surface area contributed by atoms with Crippen molar-refractivity contribution in [1.29, 1.82) is 0 Å². The summed E-state index contributed by atoms with van der Waals surface area (Å²) < 4.78 is 9.94. The molecule has 0 aliphatic rings. The molecule has 0 aromatic heterocycles. The fourth-order valence-corrected chi connectivity index (χ4v) is 2.55. The smallest absolute Gasteiger partial charge is 0.337 e. The lowest BCUT2D eigenvalue weighted by Gasteiger charge is -2.21. The first kappa shape index (κ1) is 20.0. The van der Waals surface area contributed by atoms with Gasteiger partial charge in [0, 0.05) is 24.7 Å². The van der Waals surface area contributed by atoms with E-state index in [1.165, 1.54) is 25.0 Å². The Balaban J connectivity index is 2.08. The molecule has 0 heterocycles. The van der Waals surface area contributed by atoms with Gasteiger partial charge in [0.2, 0.25) is 11.8 Å². The molecule has 0 spiro atoms. The third-order valence-corrected chi connectivity index (χ3v) is 3.93. The minimum atomic E-state index is -0.513. The van der Waals surface area contributed by atoms with Crippen LogP contribution >= 0.6 is 0 Å². The number of carbonyl (C=O) groups is 3. The molecule has 2 aromatic carbocycles. The van der Waals surface area contributed by atoms with Gasteiger partial charge in [-0.1, -0.05) is 24.3 Å². The lowest BCUT2D eigenvalue weighted by Crippen LogP contribution is -2.39. The maximum absolute atomic E-state index is 12.3. The highest BCUT2D eigenvalue weighted by atomic mass is 16.5. The molecular formula is C20H22N2O5. The van der Waals surface area contributed by atoms with Crippen LogP contribution in [-0.4, -0.2) is 38.5 Å². The van der Waals surface area contributed by atoms with E-state index in [0.29, 0.717) is 17.0 Å². The summed E-state index contributed by atoms with van der Waals surface area (Å²) >= 11 is 0. The summed E-state index contributed by atoms with van der Waals surface area (Å²) in [6, 6.07) is 13.7. The Labute approximate surface area is 157 Å². The normalized spacial score (nSPS) is 10.0. The van der Waals surface area contributed by atoms with Gasteiger partial charge >= 0.3 is 5.97 Å². The van der Waals surface area contributed by atoms with Gasteiger partial charge in [-0.2, -0.15) is 0 Å². The molecule has 27 heavy (non-hydrogen) atoms. The number of nitrogens with zero attached hydrogens (tertiary/aromatic N) is 1. The van der Waals surface area contributed by atoms with Crippen LogP contribution in [0.3, 0.4) is 0 Å². The van der Waals surface area contributed by atoms with Crippen molar-refractivity contribution < 1.29 is 23.9 Å². The van der Waals surface area contributed by atoms with E-state index < -0.39 is 5.97 Å². The molecule has 0 saturated heterocycles. The van der Waals surface area contributed by atoms with Crippen molar-refractivity contribution in [3.8, 4) is 5.75 Å². The van der Waals surface area contributed by atoms with Crippen LogP contribution in [-0.2, 0) is 20.9 Å². The van der Waals surface area contributed by atoms with Gasteiger partial charge in [-0.15, -0.1) is 0 Å². The molecule has 142 valence electrons. The van der Waals surface area contributed by atoms with Crippen LogP contribution in [0.25, 0.3) is 0 Å². The monoisotopic (exact) mass is 370 g/mol. The van der Waals surface area contributed by atoms with E-state index in [1.54, 1.807) is 25.3 Å². The van der Waals surface area contributed by atoms with Crippen molar-refractivity contribution in [2.45, 2.75) is 13.5 Å². The minimum absolute atomic E-state index is 0.172. The Bertz CT molecular complexity index is 835. The van der Waals surface area contributed by atoms with Crippen LogP contribution in [0, 0.1) is 0 Å². The molecule has 1 N–H and O–H groups in total. The number of ether oxygens (including phenoxy) is 2. The Morgan fingerprint density at radius 2 is 1.78 bits per heavy atom. The predicted molar refractivity (Wildman–Crippen MR) is 101 cm³/mol. The molecule has 0 atom stereocenters. The molecule has 0 bridgehead atoms. The van der Waals surface area contributed by atoms with Crippen molar-refractivity contribution >= 4 is 23.5 Å². The van der Waals surface area contributed by atoms with Crippen LogP contribution in [0.1, 0.15) is 22.8 Å². The molecule has 0 unspecified atom stereocenters. The van der Waals surface area contributed by atoms with Crippen molar-refractivity contribution in [3.05, 3.63) is 59.7 Å². The van der Waals surface area contributed by atoms with E-state index in [0.717, 1.165) is 5.56 Å². The number of benzene rings is 2. The molecule has 0 aliphatic carbocycles. The highest BCUT2D eigenvalue weighted by molar-refractivity contribution is 5.99. The maximum Gasteiger partial charge on any atom is 0.337 e. The van der Waals surface area contributed by atoms with Gasteiger partial charge in [-0.05, 0) is 24.3 Å². The first-order valence-corrected chi connectivity index (χ1v) is 8.31. The summed E-state index contributed by atoms with van der Waals surface area (Å²) in [4.78, 5) is 37.3. The van der Waals surface area contributed by atoms with Gasteiger partial charge in [0.05, 0.1) is 19.8 Å². The summed E-state index contributed by atoms with van der Waals surface area (Å²) in [5.41, 5.74) is 1.57. The van der Waals surface area contributed by atoms with Crippen LogP contribution in [0.5, 0.6) is 5.75 Å². The molecule has 0 fully saturated rings. The Hall–Kier alpha value is -3.35. The Morgan fingerprint density at radius 1 is 1.04 bits per heavy atom. The lowest BCUT2D eigenvalue weighted by atomic mass is 10.2. The van der Waals surface area contributed by atoms with Crippen LogP contribution in [0.2, 0.25) is 0 Å². The average molecular weight is 370 g/mol. The first-order chi connectivity index (χ1) is 13.0. The number of nitrogens with one attached hydrogen (secondary N) is 1. The summed E-state index contributed by atoms with van der Waals surface area (Å²) in [7, 11) is 2.84. The Morgan fingerprint density at radius 3 is 2.44 bits per heavy atom. The highest BCUT2D eigenvalue weighted by Crippen LogP contribution is 2.18. The Kier molecular flexibility index (Phi) is 6.93. The van der Waals surface area contributed by atoms with Crippen LogP contribution < -0.4 is 15.0 Å². The van der Waals surface area contributed by atoms with E-state index in [4.69, 9.17) is 4.74 Å². The summed E-state index contributed by atoms with van der Waals surface area (Å²) in [6.07, 6.45) is 0. The van der Waals surface area contributed by atoms with Crippen molar-refractivity contribution in [3.63, 3.8) is 0 Å². The van der Waals surface area contributed by atoms with Gasteiger partial charge < -0.3 is 19.7 Å². The number of hydrogen-bond donors (Lipinski definition) is 1. The number of carbonyl (C=O) groups excluding carboxylic acids is 3. The van der Waals surface area contributed by atoms with E-state index in [-0.39, 0.29) is 24.9 Å². The molecule has 0 radical (unpaired) electrons. The van der Waals surface area contributed by atoms with E-state index in [9.17, 15) is 14.4 Å². The summed E-state index contributed by atoms with van der Waals surface area (Å²) in [5.74, 6) is -0.489. The fraction of sp³-hybridized carbons (Fsp3) is 0.250. The van der Waals surface area contributed by atoms with Gasteiger partial charge in [0.15, 0.2) is 0 Å². The third-order valence-electron chi connectivity index (χ3n) is 3.93. The number of amides is 2. The second-order valence-corrected chi connectivity index (χ2v) is 5.74. The molecule has 0 saturated carbocycles.